The van der Waals surface area contributed by atoms with E-state index >= 15 is 0 Å². The van der Waals surface area contributed by atoms with Gasteiger partial charge in [-0.25, -0.2) is 19.9 Å². The molecule has 0 fully saturated rings. The SMILES string of the molecule is c1ccc(-c2nc(-c3ccc(-c4nc(-c5ccccc5)c5ccccc5n4)cc3)cc(-c3ccc4c(-c5ccccc5)cccc4c3)n2)cc1. The van der Waals surface area contributed by atoms with E-state index in [0.717, 1.165) is 55.8 Å². The minimum Gasteiger partial charge on any atom is -0.228 e. The lowest BCUT2D eigenvalue weighted by Crippen LogP contribution is -1.97. The van der Waals surface area contributed by atoms with E-state index in [4.69, 9.17) is 19.9 Å². The highest BCUT2D eigenvalue weighted by molar-refractivity contribution is 5.99. The Bertz CT molecular complexity index is 2620. The molecule has 4 nitrogen and oxygen atoms in total. The fourth-order valence-corrected chi connectivity index (χ4v) is 6.58. The molecule has 2 aromatic heterocycles. The van der Waals surface area contributed by atoms with Crippen LogP contribution in [0.4, 0.5) is 0 Å². The average molecular weight is 639 g/mol. The lowest BCUT2D eigenvalue weighted by molar-refractivity contribution is 1.18. The Morgan fingerprint density at radius 2 is 0.860 bits per heavy atom. The van der Waals surface area contributed by atoms with Crippen molar-refractivity contribution >= 4 is 21.7 Å². The van der Waals surface area contributed by atoms with Crippen LogP contribution in [0.25, 0.3) is 89.4 Å². The number of hydrogen-bond acceptors (Lipinski definition) is 4. The van der Waals surface area contributed by atoms with Crippen molar-refractivity contribution in [2.45, 2.75) is 0 Å². The first-order valence-electron chi connectivity index (χ1n) is 16.7. The third kappa shape index (κ3) is 5.59. The van der Waals surface area contributed by atoms with Gasteiger partial charge in [0.1, 0.15) is 0 Å². The molecule has 2 heterocycles. The van der Waals surface area contributed by atoms with Crippen LogP contribution < -0.4 is 0 Å². The van der Waals surface area contributed by atoms with E-state index in [9.17, 15) is 0 Å². The van der Waals surface area contributed by atoms with E-state index in [0.29, 0.717) is 11.6 Å². The Balaban J connectivity index is 1.13. The number of nitrogens with zero attached hydrogens (tertiary/aromatic N) is 4. The van der Waals surface area contributed by atoms with E-state index in [1.807, 2.05) is 54.6 Å². The Morgan fingerprint density at radius 1 is 0.300 bits per heavy atom. The second-order valence-electron chi connectivity index (χ2n) is 12.3. The maximum absolute atomic E-state index is 5.09. The van der Waals surface area contributed by atoms with E-state index in [-0.39, 0.29) is 0 Å². The summed E-state index contributed by atoms with van der Waals surface area (Å²) >= 11 is 0. The predicted molar refractivity (Wildman–Crippen MR) is 205 cm³/mol. The van der Waals surface area contributed by atoms with Gasteiger partial charge >= 0.3 is 0 Å². The Hall–Kier alpha value is -6.78. The zero-order valence-electron chi connectivity index (χ0n) is 27.1. The molecule has 0 bridgehead atoms. The Labute approximate surface area is 290 Å². The molecule has 9 aromatic rings. The van der Waals surface area contributed by atoms with Gasteiger partial charge in [0.15, 0.2) is 11.6 Å². The molecule has 0 aliphatic carbocycles. The van der Waals surface area contributed by atoms with Gasteiger partial charge in [-0.1, -0.05) is 164 Å². The van der Waals surface area contributed by atoms with E-state index in [1.165, 1.54) is 21.9 Å². The Morgan fingerprint density at radius 3 is 1.60 bits per heavy atom. The molecular weight excluding hydrogens is 609 g/mol. The van der Waals surface area contributed by atoms with Gasteiger partial charge < -0.3 is 0 Å². The molecule has 50 heavy (non-hydrogen) atoms. The molecular formula is C46H30N4. The molecule has 0 N–H and O–H groups in total. The van der Waals surface area contributed by atoms with Crippen molar-refractivity contribution in [1.82, 2.24) is 19.9 Å². The van der Waals surface area contributed by atoms with Crippen LogP contribution in [0.15, 0.2) is 182 Å². The van der Waals surface area contributed by atoms with Crippen LogP contribution in [-0.4, -0.2) is 19.9 Å². The fraction of sp³-hybridized carbons (Fsp3) is 0. The third-order valence-electron chi connectivity index (χ3n) is 9.11. The molecule has 234 valence electrons. The smallest absolute Gasteiger partial charge is 0.160 e. The van der Waals surface area contributed by atoms with Gasteiger partial charge in [0.05, 0.1) is 22.6 Å². The molecule has 0 aliphatic heterocycles. The average Bonchev–Trinajstić information content (AvgIpc) is 3.21. The zero-order valence-corrected chi connectivity index (χ0v) is 27.1. The van der Waals surface area contributed by atoms with Crippen molar-refractivity contribution in [2.24, 2.45) is 0 Å². The summed E-state index contributed by atoms with van der Waals surface area (Å²) in [7, 11) is 0. The monoisotopic (exact) mass is 638 g/mol. The molecule has 0 atom stereocenters. The van der Waals surface area contributed by atoms with Crippen LogP contribution in [-0.2, 0) is 0 Å². The summed E-state index contributed by atoms with van der Waals surface area (Å²) in [4.78, 5) is 20.2. The second-order valence-corrected chi connectivity index (χ2v) is 12.3. The van der Waals surface area contributed by atoms with Crippen LogP contribution in [0.1, 0.15) is 0 Å². The molecule has 0 radical (unpaired) electrons. The maximum atomic E-state index is 5.09. The molecule has 4 heteroatoms. The van der Waals surface area contributed by atoms with Crippen molar-refractivity contribution in [3.05, 3.63) is 182 Å². The lowest BCUT2D eigenvalue weighted by Gasteiger charge is -2.12. The van der Waals surface area contributed by atoms with Crippen LogP contribution in [0.5, 0.6) is 0 Å². The van der Waals surface area contributed by atoms with Gasteiger partial charge in [0.2, 0.25) is 0 Å². The van der Waals surface area contributed by atoms with Gasteiger partial charge in [-0.05, 0) is 40.1 Å². The van der Waals surface area contributed by atoms with Gasteiger partial charge in [-0.3, -0.25) is 0 Å². The highest BCUT2D eigenvalue weighted by Crippen LogP contribution is 2.34. The van der Waals surface area contributed by atoms with E-state index < -0.39 is 0 Å². The van der Waals surface area contributed by atoms with Gasteiger partial charge in [0, 0.05) is 33.2 Å². The third-order valence-corrected chi connectivity index (χ3v) is 9.11. The highest BCUT2D eigenvalue weighted by Gasteiger charge is 2.14. The molecule has 0 aliphatic rings. The first-order valence-corrected chi connectivity index (χ1v) is 16.7. The number of fused-ring (bicyclic) bond motifs is 2. The number of hydrogen-bond donors (Lipinski definition) is 0. The largest absolute Gasteiger partial charge is 0.228 e. The Kier molecular flexibility index (Phi) is 7.45. The molecule has 0 amide bonds. The van der Waals surface area contributed by atoms with Crippen molar-refractivity contribution < 1.29 is 0 Å². The molecule has 9 rings (SSSR count). The predicted octanol–water partition coefficient (Wildman–Crippen LogP) is 11.6. The number of benzene rings is 7. The van der Waals surface area contributed by atoms with Gasteiger partial charge in [-0.2, -0.15) is 0 Å². The second kappa shape index (κ2) is 12.7. The number of aromatic nitrogens is 4. The topological polar surface area (TPSA) is 51.6 Å². The minimum absolute atomic E-state index is 0.686. The summed E-state index contributed by atoms with van der Waals surface area (Å²) in [6.07, 6.45) is 0. The van der Waals surface area contributed by atoms with Crippen molar-refractivity contribution in [3.63, 3.8) is 0 Å². The number of rotatable bonds is 6. The fourth-order valence-electron chi connectivity index (χ4n) is 6.58. The standard InChI is InChI=1S/C46H30N4/c1-4-13-31(14-5-1)38-21-12-19-36-29-37(27-28-39(36)38)43-30-42(48-45(49-43)34-17-8-3-9-18-34)32-23-25-35(26-24-32)46-47-41-22-11-10-20-40(41)44(50-46)33-15-6-2-7-16-33/h1-30H. The molecule has 7 aromatic carbocycles. The van der Waals surface area contributed by atoms with E-state index in [2.05, 4.69) is 127 Å². The molecule has 0 unspecified atom stereocenters. The summed E-state index contributed by atoms with van der Waals surface area (Å²) in [5.41, 5.74) is 11.0. The van der Waals surface area contributed by atoms with Crippen LogP contribution >= 0.6 is 0 Å². The summed E-state index contributed by atoms with van der Waals surface area (Å²) in [5, 5.41) is 3.41. The van der Waals surface area contributed by atoms with E-state index in [1.54, 1.807) is 0 Å². The summed E-state index contributed by atoms with van der Waals surface area (Å²) in [6.45, 7) is 0. The zero-order chi connectivity index (χ0) is 33.3. The normalized spacial score (nSPS) is 11.2. The summed E-state index contributed by atoms with van der Waals surface area (Å²) in [5.74, 6) is 1.37. The molecule has 0 spiro atoms. The molecule has 0 saturated carbocycles. The quantitative estimate of drug-likeness (QED) is 0.182. The van der Waals surface area contributed by atoms with Crippen molar-refractivity contribution in [3.8, 4) is 67.7 Å². The van der Waals surface area contributed by atoms with Crippen LogP contribution in [0.3, 0.4) is 0 Å². The van der Waals surface area contributed by atoms with Crippen LogP contribution in [0.2, 0.25) is 0 Å². The van der Waals surface area contributed by atoms with Crippen LogP contribution in [0, 0.1) is 0 Å². The summed E-state index contributed by atoms with van der Waals surface area (Å²) < 4.78 is 0. The summed E-state index contributed by atoms with van der Waals surface area (Å²) in [6, 6.07) is 62.7. The van der Waals surface area contributed by atoms with Gasteiger partial charge in [-0.15, -0.1) is 0 Å². The first-order chi connectivity index (χ1) is 24.8. The lowest BCUT2D eigenvalue weighted by atomic mass is 9.96. The van der Waals surface area contributed by atoms with Gasteiger partial charge in [0.25, 0.3) is 0 Å². The highest BCUT2D eigenvalue weighted by atomic mass is 14.9. The maximum Gasteiger partial charge on any atom is 0.160 e. The van der Waals surface area contributed by atoms with Crippen molar-refractivity contribution in [1.29, 1.82) is 0 Å². The van der Waals surface area contributed by atoms with Crippen molar-refractivity contribution in [2.75, 3.05) is 0 Å². The number of para-hydroxylation sites is 1. The minimum atomic E-state index is 0.686. The first kappa shape index (κ1) is 29.4. The molecule has 0 saturated heterocycles.